The van der Waals surface area contributed by atoms with Gasteiger partial charge in [0.25, 0.3) is 0 Å². The van der Waals surface area contributed by atoms with Crippen LogP contribution in [0.1, 0.15) is 51.3 Å². The van der Waals surface area contributed by atoms with Gasteiger partial charge in [-0.05, 0) is 50.7 Å². The first-order chi connectivity index (χ1) is 14.6. The summed E-state index contributed by atoms with van der Waals surface area (Å²) in [5.74, 6) is 2.64. The topological polar surface area (TPSA) is 85.4 Å². The molecule has 2 aromatic rings. The number of hydrogen-bond acceptors (Lipinski definition) is 7. The number of nitrogens with zero attached hydrogens (tertiary/aromatic N) is 4. The number of carbonyl (C=O) groups excluding carboxylic acids is 1. The molecule has 1 N–H and O–H groups in total. The summed E-state index contributed by atoms with van der Waals surface area (Å²) in [6.07, 6.45) is 6.29. The van der Waals surface area contributed by atoms with Crippen molar-refractivity contribution >= 4 is 23.6 Å². The van der Waals surface area contributed by atoms with Gasteiger partial charge in [0.05, 0.1) is 30.7 Å². The number of nitrogens with one attached hydrogen (secondary N) is 1. The molecule has 0 bridgehead atoms. The van der Waals surface area contributed by atoms with Gasteiger partial charge in [-0.2, -0.15) is 0 Å². The number of anilines is 1. The Kier molecular flexibility index (Phi) is 6.99. The Labute approximate surface area is 181 Å². The molecule has 164 valence electrons. The molecule has 0 saturated carbocycles. The highest BCUT2D eigenvalue weighted by atomic mass is 32.2. The molecule has 4 rings (SSSR count). The molecule has 2 aromatic heterocycles. The summed E-state index contributed by atoms with van der Waals surface area (Å²) in [5.41, 5.74) is 0. The van der Waals surface area contributed by atoms with E-state index in [1.165, 1.54) is 24.6 Å². The van der Waals surface area contributed by atoms with Crippen molar-refractivity contribution in [3.63, 3.8) is 0 Å². The fourth-order valence-corrected chi connectivity index (χ4v) is 4.76. The molecule has 2 aliphatic rings. The lowest BCUT2D eigenvalue weighted by atomic mass is 10.00. The third-order valence-electron chi connectivity index (χ3n) is 5.85. The van der Waals surface area contributed by atoms with Crippen molar-refractivity contribution in [1.29, 1.82) is 0 Å². The summed E-state index contributed by atoms with van der Waals surface area (Å²) in [5, 5.41) is 12.7. The summed E-state index contributed by atoms with van der Waals surface area (Å²) in [6, 6.07) is 3.52. The number of aromatic nitrogens is 3. The molecule has 0 radical (unpaired) electrons. The standard InChI is InChI=1S/C21H31N5O3S/c1-15-7-9-25(10-8-15)20-23-24-21(26(20)13-17-5-3-11-28-17)30-14-19(27)22-16(2)18-6-4-12-29-18/h4,6,12,15-17H,3,5,7-11,13-14H2,1-2H3,(H,22,27)/t16-,17+/m1/s1. The summed E-state index contributed by atoms with van der Waals surface area (Å²) >= 11 is 1.43. The van der Waals surface area contributed by atoms with Crippen LogP contribution < -0.4 is 10.2 Å². The summed E-state index contributed by atoms with van der Waals surface area (Å²) in [4.78, 5) is 14.8. The molecule has 0 spiro atoms. The van der Waals surface area contributed by atoms with E-state index in [-0.39, 0.29) is 23.8 Å². The predicted octanol–water partition coefficient (Wildman–Crippen LogP) is 3.26. The van der Waals surface area contributed by atoms with Crippen molar-refractivity contribution < 1.29 is 13.9 Å². The van der Waals surface area contributed by atoms with Crippen molar-refractivity contribution in [1.82, 2.24) is 20.1 Å². The zero-order valence-corrected chi connectivity index (χ0v) is 18.6. The van der Waals surface area contributed by atoms with E-state index in [0.717, 1.165) is 61.9 Å². The van der Waals surface area contributed by atoms with E-state index in [0.29, 0.717) is 0 Å². The van der Waals surface area contributed by atoms with E-state index in [1.54, 1.807) is 6.26 Å². The molecule has 0 unspecified atom stereocenters. The van der Waals surface area contributed by atoms with Gasteiger partial charge in [-0.3, -0.25) is 9.36 Å². The molecule has 8 nitrogen and oxygen atoms in total. The van der Waals surface area contributed by atoms with Crippen LogP contribution in [0.3, 0.4) is 0 Å². The van der Waals surface area contributed by atoms with Crippen molar-refractivity contribution in [2.45, 2.75) is 63.4 Å². The van der Waals surface area contributed by atoms with Crippen LogP contribution in [0.15, 0.2) is 28.0 Å². The molecule has 30 heavy (non-hydrogen) atoms. The SMILES string of the molecule is CC1CCN(c2nnc(SCC(=O)N[C@H](C)c3ccco3)n2C[C@@H]2CCCO2)CC1. The number of rotatable bonds is 8. The van der Waals surface area contributed by atoms with Crippen LogP contribution in [0, 0.1) is 5.92 Å². The Bertz CT molecular complexity index is 811. The monoisotopic (exact) mass is 433 g/mol. The highest BCUT2D eigenvalue weighted by Gasteiger charge is 2.26. The van der Waals surface area contributed by atoms with Crippen LogP contribution in [0.4, 0.5) is 5.95 Å². The molecular formula is C21H31N5O3S. The predicted molar refractivity (Wildman–Crippen MR) is 116 cm³/mol. The van der Waals surface area contributed by atoms with Gasteiger partial charge in [0, 0.05) is 19.7 Å². The number of furan rings is 1. The molecule has 2 fully saturated rings. The third kappa shape index (κ3) is 5.18. The highest BCUT2D eigenvalue weighted by molar-refractivity contribution is 7.99. The van der Waals surface area contributed by atoms with Gasteiger partial charge in [0.1, 0.15) is 5.76 Å². The first kappa shape index (κ1) is 21.2. The highest BCUT2D eigenvalue weighted by Crippen LogP contribution is 2.28. The van der Waals surface area contributed by atoms with Crippen molar-refractivity contribution in [3.05, 3.63) is 24.2 Å². The lowest BCUT2D eigenvalue weighted by Crippen LogP contribution is -2.35. The van der Waals surface area contributed by atoms with Crippen LogP contribution in [0.5, 0.6) is 0 Å². The van der Waals surface area contributed by atoms with Crippen LogP contribution in [-0.2, 0) is 16.1 Å². The molecule has 0 aromatic carbocycles. The second kappa shape index (κ2) is 9.87. The summed E-state index contributed by atoms with van der Waals surface area (Å²) < 4.78 is 13.4. The third-order valence-corrected chi connectivity index (χ3v) is 6.82. The normalized spacial score (nSPS) is 21.1. The fourth-order valence-electron chi connectivity index (χ4n) is 4.00. The van der Waals surface area contributed by atoms with E-state index >= 15 is 0 Å². The maximum absolute atomic E-state index is 12.5. The molecule has 2 atom stereocenters. The average molecular weight is 434 g/mol. The van der Waals surface area contributed by atoms with Gasteiger partial charge in [-0.1, -0.05) is 18.7 Å². The Hall–Kier alpha value is -2.00. The molecule has 0 aliphatic carbocycles. The van der Waals surface area contributed by atoms with E-state index in [9.17, 15) is 4.79 Å². The number of amides is 1. The van der Waals surface area contributed by atoms with E-state index in [4.69, 9.17) is 9.15 Å². The quantitative estimate of drug-likeness (QED) is 0.640. The van der Waals surface area contributed by atoms with Crippen molar-refractivity contribution in [3.8, 4) is 0 Å². The van der Waals surface area contributed by atoms with Crippen molar-refractivity contribution in [2.75, 3.05) is 30.3 Å². The second-order valence-corrected chi connectivity index (χ2v) is 9.23. The lowest BCUT2D eigenvalue weighted by molar-refractivity contribution is -0.119. The summed E-state index contributed by atoms with van der Waals surface area (Å²) in [7, 11) is 0. The average Bonchev–Trinajstić information content (AvgIpc) is 3.50. The van der Waals surface area contributed by atoms with Gasteiger partial charge < -0.3 is 19.4 Å². The van der Waals surface area contributed by atoms with Crippen LogP contribution >= 0.6 is 11.8 Å². The zero-order chi connectivity index (χ0) is 20.9. The molecule has 9 heteroatoms. The Morgan fingerprint density at radius 1 is 1.33 bits per heavy atom. The maximum Gasteiger partial charge on any atom is 0.231 e. The van der Waals surface area contributed by atoms with Crippen molar-refractivity contribution in [2.24, 2.45) is 5.92 Å². The lowest BCUT2D eigenvalue weighted by Gasteiger charge is -2.31. The number of ether oxygens (including phenoxy) is 1. The number of piperidine rings is 1. The van der Waals surface area contributed by atoms with Crippen LogP contribution in [-0.4, -0.2) is 52.2 Å². The molecule has 4 heterocycles. The number of carbonyl (C=O) groups is 1. The van der Waals surface area contributed by atoms with E-state index in [2.05, 4.69) is 31.9 Å². The number of thioether (sulfide) groups is 1. The van der Waals surface area contributed by atoms with Gasteiger partial charge in [-0.15, -0.1) is 10.2 Å². The molecule has 2 saturated heterocycles. The Morgan fingerprint density at radius 2 is 2.17 bits per heavy atom. The van der Waals surface area contributed by atoms with Gasteiger partial charge in [-0.25, -0.2) is 0 Å². The molecule has 2 aliphatic heterocycles. The molecule has 1 amide bonds. The Balaban J connectivity index is 1.41. The fraction of sp³-hybridized carbons (Fsp3) is 0.667. The van der Waals surface area contributed by atoms with E-state index < -0.39 is 0 Å². The first-order valence-electron chi connectivity index (χ1n) is 10.9. The van der Waals surface area contributed by atoms with E-state index in [1.807, 2.05) is 19.1 Å². The minimum absolute atomic E-state index is 0.0519. The largest absolute Gasteiger partial charge is 0.467 e. The van der Waals surface area contributed by atoms with Gasteiger partial charge in [0.15, 0.2) is 5.16 Å². The molecular weight excluding hydrogens is 402 g/mol. The maximum atomic E-state index is 12.5. The smallest absolute Gasteiger partial charge is 0.231 e. The minimum Gasteiger partial charge on any atom is -0.467 e. The second-order valence-electron chi connectivity index (χ2n) is 8.29. The van der Waals surface area contributed by atoms with Crippen LogP contribution in [0.25, 0.3) is 0 Å². The van der Waals surface area contributed by atoms with Gasteiger partial charge >= 0.3 is 0 Å². The number of hydrogen-bond donors (Lipinski definition) is 1. The Morgan fingerprint density at radius 3 is 2.87 bits per heavy atom. The first-order valence-corrected chi connectivity index (χ1v) is 11.8. The van der Waals surface area contributed by atoms with Crippen LogP contribution in [0.2, 0.25) is 0 Å². The zero-order valence-electron chi connectivity index (χ0n) is 17.7. The minimum atomic E-state index is -0.163. The van der Waals surface area contributed by atoms with Gasteiger partial charge in [0.2, 0.25) is 11.9 Å². The summed E-state index contributed by atoms with van der Waals surface area (Å²) in [6.45, 7) is 7.77.